The topological polar surface area (TPSA) is 77.0 Å². The number of nitriles is 1. The lowest BCUT2D eigenvalue weighted by molar-refractivity contribution is -0.123. The van der Waals surface area contributed by atoms with Crippen molar-refractivity contribution in [3.8, 4) is 6.07 Å². The molecule has 1 aliphatic carbocycles. The quantitative estimate of drug-likeness (QED) is 0.389. The van der Waals surface area contributed by atoms with Crippen molar-refractivity contribution in [2.75, 3.05) is 0 Å². The first-order valence-corrected chi connectivity index (χ1v) is 9.53. The molecular weight excluding hydrogens is 324 g/mol. The lowest BCUT2D eigenvalue weighted by atomic mass is 9.77. The van der Waals surface area contributed by atoms with Gasteiger partial charge >= 0.3 is 0 Å². The lowest BCUT2D eigenvalue weighted by Gasteiger charge is -2.42. The zero-order valence-electron chi connectivity index (χ0n) is 16.4. The SMILES string of the molecule is C=CNC(C)C(=O)NC(CCCC#N)C(=C)NC1(C(=C)C)CCCCC1. The molecule has 1 rings (SSSR count). The summed E-state index contributed by atoms with van der Waals surface area (Å²) in [4.78, 5) is 12.4. The van der Waals surface area contributed by atoms with Gasteiger partial charge in [0, 0.05) is 12.1 Å². The predicted octanol–water partition coefficient (Wildman–Crippen LogP) is 3.67. The van der Waals surface area contributed by atoms with Gasteiger partial charge in [-0.15, -0.1) is 0 Å². The Morgan fingerprint density at radius 2 is 1.96 bits per heavy atom. The molecule has 26 heavy (non-hydrogen) atoms. The number of unbranched alkanes of at least 4 members (excludes halogenated alkanes) is 1. The highest BCUT2D eigenvalue weighted by Gasteiger charge is 2.34. The smallest absolute Gasteiger partial charge is 0.242 e. The molecule has 0 bridgehead atoms. The van der Waals surface area contributed by atoms with E-state index in [2.05, 4.69) is 48.7 Å². The molecule has 2 atom stereocenters. The van der Waals surface area contributed by atoms with E-state index in [0.717, 1.165) is 24.1 Å². The van der Waals surface area contributed by atoms with Crippen LogP contribution in [0.1, 0.15) is 65.2 Å². The Hall–Kier alpha value is -2.22. The third kappa shape index (κ3) is 6.25. The summed E-state index contributed by atoms with van der Waals surface area (Å²) in [5.41, 5.74) is 1.77. The summed E-state index contributed by atoms with van der Waals surface area (Å²) in [6.07, 6.45) is 9.02. The van der Waals surface area contributed by atoms with Crippen LogP contribution in [0, 0.1) is 11.3 Å². The molecule has 0 aliphatic heterocycles. The van der Waals surface area contributed by atoms with Gasteiger partial charge in [0.05, 0.1) is 17.6 Å². The Balaban J connectivity index is 2.84. The van der Waals surface area contributed by atoms with Gasteiger partial charge in [-0.3, -0.25) is 4.79 Å². The molecule has 5 heteroatoms. The first-order valence-electron chi connectivity index (χ1n) is 9.53. The molecule has 0 saturated heterocycles. The zero-order chi connectivity index (χ0) is 19.6. The molecule has 144 valence electrons. The van der Waals surface area contributed by atoms with Crippen LogP contribution in [-0.4, -0.2) is 23.5 Å². The third-order valence-electron chi connectivity index (χ3n) is 5.20. The normalized spacial score (nSPS) is 17.9. The van der Waals surface area contributed by atoms with Crippen LogP contribution in [0.2, 0.25) is 0 Å². The molecule has 3 N–H and O–H groups in total. The molecule has 1 amide bonds. The van der Waals surface area contributed by atoms with Gasteiger partial charge in [0.15, 0.2) is 0 Å². The van der Waals surface area contributed by atoms with E-state index in [-0.39, 0.29) is 23.5 Å². The number of hydrogen-bond acceptors (Lipinski definition) is 4. The highest BCUT2D eigenvalue weighted by molar-refractivity contribution is 5.82. The van der Waals surface area contributed by atoms with E-state index in [4.69, 9.17) is 5.26 Å². The Labute approximate surface area is 158 Å². The minimum Gasteiger partial charge on any atom is -0.380 e. The summed E-state index contributed by atoms with van der Waals surface area (Å²) in [6.45, 7) is 15.9. The first-order chi connectivity index (χ1) is 12.4. The van der Waals surface area contributed by atoms with Gasteiger partial charge in [0.25, 0.3) is 0 Å². The van der Waals surface area contributed by atoms with Crippen LogP contribution in [0.5, 0.6) is 0 Å². The molecule has 0 heterocycles. The third-order valence-corrected chi connectivity index (χ3v) is 5.20. The van der Waals surface area contributed by atoms with Gasteiger partial charge in [-0.1, -0.05) is 44.6 Å². The second kappa shape index (κ2) is 10.7. The maximum atomic E-state index is 12.4. The average Bonchev–Trinajstić information content (AvgIpc) is 2.61. The van der Waals surface area contributed by atoms with Gasteiger partial charge in [0.1, 0.15) is 6.04 Å². The molecule has 0 spiro atoms. The van der Waals surface area contributed by atoms with Gasteiger partial charge in [0.2, 0.25) is 5.91 Å². The summed E-state index contributed by atoms with van der Waals surface area (Å²) in [7, 11) is 0. The largest absolute Gasteiger partial charge is 0.380 e. The van der Waals surface area contributed by atoms with Gasteiger partial charge in [-0.05, 0) is 45.7 Å². The van der Waals surface area contributed by atoms with Crippen molar-refractivity contribution >= 4 is 5.91 Å². The van der Waals surface area contributed by atoms with Crippen molar-refractivity contribution < 1.29 is 4.79 Å². The van der Waals surface area contributed by atoms with Crippen LogP contribution < -0.4 is 16.0 Å². The molecule has 1 fully saturated rings. The van der Waals surface area contributed by atoms with E-state index in [0.29, 0.717) is 19.3 Å². The Morgan fingerprint density at radius 3 is 2.50 bits per heavy atom. The number of carbonyl (C=O) groups is 1. The Kier molecular flexibility index (Phi) is 8.98. The fourth-order valence-electron chi connectivity index (χ4n) is 3.48. The van der Waals surface area contributed by atoms with Crippen molar-refractivity contribution in [3.63, 3.8) is 0 Å². The average molecular weight is 359 g/mol. The van der Waals surface area contributed by atoms with Crippen LogP contribution in [-0.2, 0) is 4.79 Å². The van der Waals surface area contributed by atoms with Crippen molar-refractivity contribution in [3.05, 3.63) is 37.2 Å². The summed E-state index contributed by atoms with van der Waals surface area (Å²) in [5, 5.41) is 18.4. The van der Waals surface area contributed by atoms with Crippen LogP contribution in [0.4, 0.5) is 0 Å². The Morgan fingerprint density at radius 1 is 1.31 bits per heavy atom. The minimum atomic E-state index is -0.372. The van der Waals surface area contributed by atoms with Gasteiger partial charge < -0.3 is 16.0 Å². The monoisotopic (exact) mass is 358 g/mol. The second-order valence-corrected chi connectivity index (χ2v) is 7.28. The van der Waals surface area contributed by atoms with Crippen molar-refractivity contribution in [1.29, 1.82) is 5.26 Å². The highest BCUT2D eigenvalue weighted by atomic mass is 16.2. The number of nitrogens with zero attached hydrogens (tertiary/aromatic N) is 1. The molecule has 0 aromatic carbocycles. The molecule has 5 nitrogen and oxygen atoms in total. The fraction of sp³-hybridized carbons (Fsp3) is 0.619. The second-order valence-electron chi connectivity index (χ2n) is 7.28. The number of nitrogens with one attached hydrogen (secondary N) is 3. The van der Waals surface area contributed by atoms with E-state index in [1.54, 1.807) is 6.92 Å². The van der Waals surface area contributed by atoms with Crippen LogP contribution in [0.3, 0.4) is 0 Å². The predicted molar refractivity (Wildman–Crippen MR) is 107 cm³/mol. The first kappa shape index (κ1) is 21.8. The van der Waals surface area contributed by atoms with E-state index < -0.39 is 0 Å². The molecule has 1 saturated carbocycles. The molecular formula is C21H34N4O. The van der Waals surface area contributed by atoms with E-state index >= 15 is 0 Å². The molecule has 0 aromatic heterocycles. The van der Waals surface area contributed by atoms with Gasteiger partial charge in [-0.25, -0.2) is 0 Å². The van der Waals surface area contributed by atoms with Crippen molar-refractivity contribution in [1.82, 2.24) is 16.0 Å². The number of carbonyl (C=O) groups excluding carboxylic acids is 1. The van der Waals surface area contributed by atoms with E-state index in [1.807, 2.05) is 0 Å². The van der Waals surface area contributed by atoms with Crippen molar-refractivity contribution in [2.45, 2.75) is 82.8 Å². The van der Waals surface area contributed by atoms with Crippen LogP contribution in [0.15, 0.2) is 37.2 Å². The highest BCUT2D eigenvalue weighted by Crippen LogP contribution is 2.34. The molecule has 0 radical (unpaired) electrons. The standard InChI is InChI=1S/C21H34N4O/c1-6-23-18(5)20(26)24-19(12-8-11-15-22)17(4)25-21(16(2)3)13-9-7-10-14-21/h6,18-19,23,25H,1-2,4,7-14H2,3,5H3,(H,24,26). The minimum absolute atomic E-state index is 0.108. The summed E-state index contributed by atoms with van der Waals surface area (Å²) in [5.74, 6) is -0.108. The fourth-order valence-corrected chi connectivity index (χ4v) is 3.48. The Bertz CT molecular complexity index is 555. The van der Waals surface area contributed by atoms with Crippen molar-refractivity contribution in [2.24, 2.45) is 0 Å². The molecule has 2 unspecified atom stereocenters. The molecule has 1 aliphatic rings. The maximum Gasteiger partial charge on any atom is 0.242 e. The maximum absolute atomic E-state index is 12.4. The summed E-state index contributed by atoms with van der Waals surface area (Å²) < 4.78 is 0. The molecule has 0 aromatic rings. The van der Waals surface area contributed by atoms with Crippen LogP contribution in [0.25, 0.3) is 0 Å². The summed E-state index contributed by atoms with van der Waals surface area (Å²) in [6, 6.07) is 1.57. The van der Waals surface area contributed by atoms with Crippen LogP contribution >= 0.6 is 0 Å². The number of hydrogen-bond donors (Lipinski definition) is 3. The number of amides is 1. The van der Waals surface area contributed by atoms with Gasteiger partial charge in [-0.2, -0.15) is 5.26 Å². The van der Waals surface area contributed by atoms with E-state index in [9.17, 15) is 4.79 Å². The van der Waals surface area contributed by atoms with E-state index in [1.165, 1.54) is 25.5 Å². The zero-order valence-corrected chi connectivity index (χ0v) is 16.4. The number of rotatable bonds is 11. The lowest BCUT2D eigenvalue weighted by Crippen LogP contribution is -2.53. The summed E-state index contributed by atoms with van der Waals surface area (Å²) >= 11 is 0.